The lowest BCUT2D eigenvalue weighted by atomic mass is 10.1. The first-order valence-electron chi connectivity index (χ1n) is 8.77. The number of nitrogens with one attached hydrogen (secondary N) is 2. The van der Waals surface area contributed by atoms with Crippen molar-refractivity contribution in [2.75, 3.05) is 5.32 Å². The van der Waals surface area contributed by atoms with Gasteiger partial charge in [-0.15, -0.1) is 0 Å². The summed E-state index contributed by atoms with van der Waals surface area (Å²) in [6.07, 6.45) is 4.68. The van der Waals surface area contributed by atoms with Gasteiger partial charge in [0, 0.05) is 27.7 Å². The van der Waals surface area contributed by atoms with Crippen molar-refractivity contribution in [1.82, 2.24) is 5.32 Å². The Morgan fingerprint density at radius 1 is 1.19 bits per heavy atom. The first kappa shape index (κ1) is 19.3. The molecule has 1 unspecified atom stereocenters. The van der Waals surface area contributed by atoms with Gasteiger partial charge in [0.15, 0.2) is 0 Å². The number of hydrogen-bond donors (Lipinski definition) is 2. The van der Waals surface area contributed by atoms with E-state index >= 15 is 0 Å². The maximum absolute atomic E-state index is 13.7. The lowest BCUT2D eigenvalue weighted by Gasteiger charge is -2.14. The average Bonchev–Trinajstić information content (AvgIpc) is 3.48. The molecule has 3 rings (SSSR count). The van der Waals surface area contributed by atoms with E-state index in [9.17, 15) is 14.0 Å². The van der Waals surface area contributed by atoms with Gasteiger partial charge in [0.1, 0.15) is 5.82 Å². The summed E-state index contributed by atoms with van der Waals surface area (Å²) >= 11 is 3.28. The Hall–Kier alpha value is -2.47. The van der Waals surface area contributed by atoms with Crippen LogP contribution < -0.4 is 10.6 Å². The third-order valence-corrected chi connectivity index (χ3v) is 4.85. The molecule has 1 fully saturated rings. The highest BCUT2D eigenvalue weighted by molar-refractivity contribution is 9.10. The normalized spacial score (nSPS) is 14.8. The minimum atomic E-state index is -0.390. The standard InChI is InChI=1S/C21H20BrFN2O2/c1-13(14-4-8-18(9-5-14)25-21(27)15-2-3-15)24-20(26)11-6-16-12-17(22)7-10-19(16)23/h4-13,15H,2-3H2,1H3,(H,24,26)(H,25,27)/b11-6+. The maximum Gasteiger partial charge on any atom is 0.244 e. The van der Waals surface area contributed by atoms with Crippen molar-refractivity contribution in [3.05, 3.63) is 70.0 Å². The predicted molar refractivity (Wildman–Crippen MR) is 107 cm³/mol. The summed E-state index contributed by atoms with van der Waals surface area (Å²) in [4.78, 5) is 23.9. The molecule has 1 aliphatic carbocycles. The SMILES string of the molecule is CC(NC(=O)/C=C/c1cc(Br)ccc1F)c1ccc(NC(=O)C2CC2)cc1. The molecule has 1 aliphatic rings. The molecule has 0 bridgehead atoms. The molecule has 2 aromatic carbocycles. The van der Waals surface area contributed by atoms with Crippen molar-refractivity contribution in [2.45, 2.75) is 25.8 Å². The molecule has 6 heteroatoms. The second-order valence-corrected chi connectivity index (χ2v) is 7.53. The van der Waals surface area contributed by atoms with Gasteiger partial charge >= 0.3 is 0 Å². The number of anilines is 1. The smallest absolute Gasteiger partial charge is 0.244 e. The molecule has 0 aliphatic heterocycles. The lowest BCUT2D eigenvalue weighted by Crippen LogP contribution is -2.24. The molecule has 4 nitrogen and oxygen atoms in total. The molecule has 0 heterocycles. The summed E-state index contributed by atoms with van der Waals surface area (Å²) in [5, 5.41) is 5.72. The van der Waals surface area contributed by atoms with E-state index in [1.54, 1.807) is 12.1 Å². The van der Waals surface area contributed by atoms with Crippen LogP contribution in [0.4, 0.5) is 10.1 Å². The van der Waals surface area contributed by atoms with Crippen molar-refractivity contribution in [1.29, 1.82) is 0 Å². The van der Waals surface area contributed by atoms with E-state index in [1.807, 2.05) is 31.2 Å². The second-order valence-electron chi connectivity index (χ2n) is 6.61. The van der Waals surface area contributed by atoms with Gasteiger partial charge < -0.3 is 10.6 Å². The molecule has 2 N–H and O–H groups in total. The highest BCUT2D eigenvalue weighted by Gasteiger charge is 2.29. The molecule has 1 atom stereocenters. The fraction of sp³-hybridized carbons (Fsp3) is 0.238. The summed E-state index contributed by atoms with van der Waals surface area (Å²) in [5.41, 5.74) is 2.00. The molecule has 0 aromatic heterocycles. The minimum absolute atomic E-state index is 0.0639. The first-order valence-corrected chi connectivity index (χ1v) is 9.56. The quantitative estimate of drug-likeness (QED) is 0.644. The molecule has 1 saturated carbocycles. The molecule has 140 valence electrons. The zero-order chi connectivity index (χ0) is 19.4. The number of rotatable bonds is 6. The van der Waals surface area contributed by atoms with E-state index in [4.69, 9.17) is 0 Å². The summed E-state index contributed by atoms with van der Waals surface area (Å²) in [6, 6.07) is 11.7. The van der Waals surface area contributed by atoms with E-state index in [-0.39, 0.29) is 29.6 Å². The highest BCUT2D eigenvalue weighted by atomic mass is 79.9. The number of benzene rings is 2. The largest absolute Gasteiger partial charge is 0.346 e. The van der Waals surface area contributed by atoms with Crippen LogP contribution in [-0.2, 0) is 9.59 Å². The fourth-order valence-corrected chi connectivity index (χ4v) is 2.98. The van der Waals surface area contributed by atoms with Crippen LogP contribution in [0.2, 0.25) is 0 Å². The van der Waals surface area contributed by atoms with Gasteiger partial charge in [-0.2, -0.15) is 0 Å². The van der Waals surface area contributed by atoms with Gasteiger partial charge in [-0.25, -0.2) is 4.39 Å². The number of amides is 2. The zero-order valence-electron chi connectivity index (χ0n) is 14.8. The Morgan fingerprint density at radius 3 is 2.56 bits per heavy atom. The monoisotopic (exact) mass is 430 g/mol. The average molecular weight is 431 g/mol. The molecule has 0 spiro atoms. The third-order valence-electron chi connectivity index (χ3n) is 4.36. The second kappa shape index (κ2) is 8.48. The summed E-state index contributed by atoms with van der Waals surface area (Å²) in [6.45, 7) is 1.86. The fourth-order valence-electron chi connectivity index (χ4n) is 2.60. The summed E-state index contributed by atoms with van der Waals surface area (Å²) in [5.74, 6) is -0.481. The van der Waals surface area contributed by atoms with Crippen molar-refractivity contribution in [3.63, 3.8) is 0 Å². The Labute approximate surface area is 166 Å². The van der Waals surface area contributed by atoms with Crippen LogP contribution >= 0.6 is 15.9 Å². The predicted octanol–water partition coefficient (Wildman–Crippen LogP) is 4.83. The van der Waals surface area contributed by atoms with Crippen LogP contribution in [0.15, 0.2) is 53.0 Å². The number of carbonyl (C=O) groups is 2. The van der Waals surface area contributed by atoms with E-state index in [1.165, 1.54) is 18.2 Å². The van der Waals surface area contributed by atoms with Crippen LogP contribution in [-0.4, -0.2) is 11.8 Å². The van der Waals surface area contributed by atoms with E-state index in [0.29, 0.717) is 5.56 Å². The topological polar surface area (TPSA) is 58.2 Å². The van der Waals surface area contributed by atoms with Gasteiger partial charge in [-0.1, -0.05) is 28.1 Å². The minimum Gasteiger partial charge on any atom is -0.346 e. The van der Waals surface area contributed by atoms with Gasteiger partial charge in [-0.3, -0.25) is 9.59 Å². The molecule has 0 saturated heterocycles. The number of hydrogen-bond acceptors (Lipinski definition) is 2. The van der Waals surface area contributed by atoms with E-state index < -0.39 is 0 Å². The first-order chi connectivity index (χ1) is 12.9. The zero-order valence-corrected chi connectivity index (χ0v) is 16.4. The number of halogens is 2. The van der Waals surface area contributed by atoms with Gasteiger partial charge in [-0.05, 0) is 61.7 Å². The number of carbonyl (C=O) groups excluding carboxylic acids is 2. The molecular formula is C21H20BrFN2O2. The van der Waals surface area contributed by atoms with Crippen molar-refractivity contribution in [2.24, 2.45) is 5.92 Å². The van der Waals surface area contributed by atoms with Gasteiger partial charge in [0.2, 0.25) is 11.8 Å². The molecule has 2 amide bonds. The summed E-state index contributed by atoms with van der Waals surface area (Å²) < 4.78 is 14.4. The van der Waals surface area contributed by atoms with Crippen LogP contribution in [0.25, 0.3) is 6.08 Å². The Kier molecular flexibility index (Phi) is 6.06. The Balaban J connectivity index is 1.56. The van der Waals surface area contributed by atoms with Gasteiger partial charge in [0.25, 0.3) is 0 Å². The van der Waals surface area contributed by atoms with E-state index in [2.05, 4.69) is 26.6 Å². The van der Waals surface area contributed by atoms with Crippen LogP contribution in [0.5, 0.6) is 0 Å². The van der Waals surface area contributed by atoms with E-state index in [0.717, 1.165) is 28.6 Å². The van der Waals surface area contributed by atoms with Crippen molar-refractivity contribution in [3.8, 4) is 0 Å². The summed E-state index contributed by atoms with van der Waals surface area (Å²) in [7, 11) is 0. The van der Waals surface area contributed by atoms with Crippen LogP contribution in [0.1, 0.15) is 36.9 Å². The van der Waals surface area contributed by atoms with Crippen molar-refractivity contribution >= 4 is 39.5 Å². The van der Waals surface area contributed by atoms with Crippen LogP contribution in [0, 0.1) is 11.7 Å². The lowest BCUT2D eigenvalue weighted by molar-refractivity contribution is -0.118. The maximum atomic E-state index is 13.7. The Morgan fingerprint density at radius 2 is 1.89 bits per heavy atom. The molecular weight excluding hydrogens is 411 g/mol. The molecule has 0 radical (unpaired) electrons. The molecule has 2 aromatic rings. The van der Waals surface area contributed by atoms with Crippen LogP contribution in [0.3, 0.4) is 0 Å². The Bertz CT molecular complexity index is 876. The molecule has 27 heavy (non-hydrogen) atoms. The third kappa shape index (κ3) is 5.50. The highest BCUT2D eigenvalue weighted by Crippen LogP contribution is 2.30. The van der Waals surface area contributed by atoms with Crippen molar-refractivity contribution < 1.29 is 14.0 Å². The van der Waals surface area contributed by atoms with Gasteiger partial charge in [0.05, 0.1) is 6.04 Å².